The monoisotopic (exact) mass is 380 g/mol. The van der Waals surface area contributed by atoms with E-state index in [4.69, 9.17) is 11.6 Å². The Hall–Kier alpha value is -1.13. The van der Waals surface area contributed by atoms with Crippen LogP contribution in [0.25, 0.3) is 0 Å². The van der Waals surface area contributed by atoms with Gasteiger partial charge in [-0.3, -0.25) is 4.72 Å². The van der Waals surface area contributed by atoms with E-state index in [2.05, 4.69) is 9.44 Å². The van der Waals surface area contributed by atoms with Crippen molar-refractivity contribution in [2.45, 2.75) is 4.21 Å². The lowest BCUT2D eigenvalue weighted by atomic mass is 10.3. The van der Waals surface area contributed by atoms with Crippen molar-refractivity contribution in [1.82, 2.24) is 4.72 Å². The van der Waals surface area contributed by atoms with Crippen molar-refractivity contribution in [3.8, 4) is 0 Å². The highest BCUT2D eigenvalue weighted by Gasteiger charge is 2.18. The number of halogens is 1. The molecule has 0 saturated heterocycles. The first kappa shape index (κ1) is 17.2. The molecule has 2 N–H and O–H groups in total. The molecular weight excluding hydrogens is 368 g/mol. The summed E-state index contributed by atoms with van der Waals surface area (Å²) in [6, 6.07) is 11.2. The lowest BCUT2D eigenvalue weighted by Gasteiger charge is -2.08. The fourth-order valence-corrected chi connectivity index (χ4v) is 5.22. The number of anilines is 1. The van der Waals surface area contributed by atoms with Crippen LogP contribution in [-0.4, -0.2) is 29.1 Å². The van der Waals surface area contributed by atoms with Crippen LogP contribution in [0.4, 0.5) is 5.69 Å². The van der Waals surface area contributed by atoms with Crippen LogP contribution in [0.5, 0.6) is 0 Å². The molecule has 0 spiro atoms. The van der Waals surface area contributed by atoms with Gasteiger partial charge in [0, 0.05) is 12.2 Å². The van der Waals surface area contributed by atoms with Crippen molar-refractivity contribution in [1.29, 1.82) is 0 Å². The topological polar surface area (TPSA) is 92.3 Å². The van der Waals surface area contributed by atoms with Crippen LogP contribution in [-0.2, 0) is 20.0 Å². The molecule has 0 unspecified atom stereocenters. The number of thiophene rings is 1. The van der Waals surface area contributed by atoms with Gasteiger partial charge in [0.05, 0.1) is 10.1 Å². The van der Waals surface area contributed by atoms with Gasteiger partial charge >= 0.3 is 0 Å². The molecule has 0 aliphatic rings. The largest absolute Gasteiger partial charge is 0.284 e. The van der Waals surface area contributed by atoms with E-state index in [0.29, 0.717) is 10.0 Å². The smallest absolute Gasteiger partial charge is 0.250 e. The number of hydrogen-bond donors (Lipinski definition) is 2. The average Bonchev–Trinajstić information content (AvgIpc) is 2.86. The third-order valence-corrected chi connectivity index (χ3v) is 7.00. The summed E-state index contributed by atoms with van der Waals surface area (Å²) >= 11 is 6.59. The van der Waals surface area contributed by atoms with Crippen LogP contribution in [0, 0.1) is 0 Å². The molecule has 6 nitrogen and oxygen atoms in total. The Morgan fingerprint density at radius 3 is 2.27 bits per heavy atom. The maximum atomic E-state index is 11.9. The van der Waals surface area contributed by atoms with E-state index in [1.807, 2.05) is 0 Å². The van der Waals surface area contributed by atoms with Crippen LogP contribution in [0.1, 0.15) is 0 Å². The quantitative estimate of drug-likeness (QED) is 0.769. The molecule has 0 aliphatic heterocycles. The van der Waals surface area contributed by atoms with E-state index < -0.39 is 20.0 Å². The van der Waals surface area contributed by atoms with Crippen molar-refractivity contribution < 1.29 is 16.8 Å². The molecule has 10 heteroatoms. The van der Waals surface area contributed by atoms with Gasteiger partial charge in [-0.25, -0.2) is 21.6 Å². The molecule has 0 bridgehead atoms. The lowest BCUT2D eigenvalue weighted by molar-refractivity contribution is 0.584. The molecule has 0 radical (unpaired) electrons. The Kier molecular flexibility index (Phi) is 5.45. The molecular formula is C12H13ClN2O4S3. The number of hydrogen-bond acceptors (Lipinski definition) is 5. The zero-order chi connectivity index (χ0) is 16.2. The molecule has 22 heavy (non-hydrogen) atoms. The molecule has 120 valence electrons. The highest BCUT2D eigenvalue weighted by Crippen LogP contribution is 2.25. The fraction of sp³-hybridized carbons (Fsp3) is 0.167. The molecule has 0 saturated carbocycles. The van der Waals surface area contributed by atoms with Crippen LogP contribution in [0.15, 0.2) is 46.7 Å². The number of sulfonamides is 2. The SMILES string of the molecule is O=S(=O)(CCNS(=O)(=O)c1ccc(Cl)s1)Nc1ccccc1. The predicted molar refractivity (Wildman–Crippen MR) is 88.4 cm³/mol. The molecule has 0 fully saturated rings. The van der Waals surface area contributed by atoms with Gasteiger partial charge in [-0.1, -0.05) is 29.8 Å². The maximum absolute atomic E-state index is 11.9. The van der Waals surface area contributed by atoms with Gasteiger partial charge < -0.3 is 0 Å². The van der Waals surface area contributed by atoms with E-state index in [0.717, 1.165) is 11.3 Å². The summed E-state index contributed by atoms with van der Waals surface area (Å²) in [6.07, 6.45) is 0. The van der Waals surface area contributed by atoms with Gasteiger partial charge in [-0.15, -0.1) is 11.3 Å². The average molecular weight is 381 g/mol. The van der Waals surface area contributed by atoms with Crippen molar-refractivity contribution in [3.63, 3.8) is 0 Å². The first-order valence-corrected chi connectivity index (χ1v) is 10.4. The second kappa shape index (κ2) is 6.97. The normalized spacial score (nSPS) is 12.2. The fourth-order valence-electron chi connectivity index (χ4n) is 1.56. The number of benzene rings is 1. The highest BCUT2D eigenvalue weighted by atomic mass is 35.5. The van der Waals surface area contributed by atoms with Gasteiger partial charge in [0.1, 0.15) is 4.21 Å². The zero-order valence-electron chi connectivity index (χ0n) is 11.2. The van der Waals surface area contributed by atoms with Gasteiger partial charge in [0.15, 0.2) is 0 Å². The standard InChI is InChI=1S/C12H13ClN2O4S3/c13-11-6-7-12(20-11)22(18,19)14-8-9-21(16,17)15-10-4-2-1-3-5-10/h1-7,14-15H,8-9H2. The Labute approximate surface area is 138 Å². The number of nitrogens with one attached hydrogen (secondary N) is 2. The second-order valence-electron chi connectivity index (χ2n) is 4.24. The first-order chi connectivity index (χ1) is 10.3. The van der Waals surface area contributed by atoms with Crippen LogP contribution in [0.2, 0.25) is 4.34 Å². The summed E-state index contributed by atoms with van der Waals surface area (Å²) in [4.78, 5) is 0. The Morgan fingerprint density at radius 2 is 1.68 bits per heavy atom. The molecule has 0 amide bonds. The molecule has 1 aromatic heterocycles. The van der Waals surface area contributed by atoms with Crippen molar-refractivity contribution >= 4 is 48.7 Å². The molecule has 2 rings (SSSR count). The first-order valence-electron chi connectivity index (χ1n) is 6.09. The number of rotatable bonds is 7. The summed E-state index contributed by atoms with van der Waals surface area (Å²) < 4.78 is 52.6. The Morgan fingerprint density at radius 1 is 1.00 bits per heavy atom. The third-order valence-electron chi connectivity index (χ3n) is 2.52. The van der Waals surface area contributed by atoms with Crippen LogP contribution >= 0.6 is 22.9 Å². The zero-order valence-corrected chi connectivity index (χ0v) is 14.4. The summed E-state index contributed by atoms with van der Waals surface area (Å²) in [5.74, 6) is -0.375. The van der Waals surface area contributed by atoms with Gasteiger partial charge in [-0.05, 0) is 24.3 Å². The summed E-state index contributed by atoms with van der Waals surface area (Å²) in [7, 11) is -7.38. The van der Waals surface area contributed by atoms with Crippen LogP contribution in [0.3, 0.4) is 0 Å². The highest BCUT2D eigenvalue weighted by molar-refractivity contribution is 7.93. The molecule has 1 aromatic carbocycles. The maximum Gasteiger partial charge on any atom is 0.250 e. The van der Waals surface area contributed by atoms with Gasteiger partial charge in [-0.2, -0.15) is 0 Å². The molecule has 2 aromatic rings. The van der Waals surface area contributed by atoms with E-state index in [1.165, 1.54) is 12.1 Å². The van der Waals surface area contributed by atoms with Crippen molar-refractivity contribution in [2.75, 3.05) is 17.0 Å². The van der Waals surface area contributed by atoms with E-state index in [-0.39, 0.29) is 16.5 Å². The van der Waals surface area contributed by atoms with E-state index in [1.54, 1.807) is 30.3 Å². The second-order valence-corrected chi connectivity index (χ2v) is 9.79. The lowest BCUT2D eigenvalue weighted by Crippen LogP contribution is -2.30. The molecule has 0 aliphatic carbocycles. The molecule has 1 heterocycles. The predicted octanol–water partition coefficient (Wildman–Crippen LogP) is 2.12. The Balaban J connectivity index is 1.93. The van der Waals surface area contributed by atoms with E-state index in [9.17, 15) is 16.8 Å². The summed E-state index contributed by atoms with van der Waals surface area (Å²) in [6.45, 7) is -0.236. The van der Waals surface area contributed by atoms with Gasteiger partial charge in [0.25, 0.3) is 0 Å². The summed E-state index contributed by atoms with van der Waals surface area (Å²) in [5, 5.41) is 0. The van der Waals surface area contributed by atoms with Crippen LogP contribution < -0.4 is 9.44 Å². The van der Waals surface area contributed by atoms with Gasteiger partial charge in [0.2, 0.25) is 20.0 Å². The van der Waals surface area contributed by atoms with Crippen molar-refractivity contribution in [2.24, 2.45) is 0 Å². The minimum atomic E-state index is -3.74. The van der Waals surface area contributed by atoms with E-state index >= 15 is 0 Å². The Bertz CT molecular complexity index is 832. The minimum absolute atomic E-state index is 0.0471. The van der Waals surface area contributed by atoms with Crippen molar-refractivity contribution in [3.05, 3.63) is 46.8 Å². The summed E-state index contributed by atoms with van der Waals surface area (Å²) in [5.41, 5.74) is 0.426. The molecule has 0 atom stereocenters. The third kappa shape index (κ3) is 4.96. The minimum Gasteiger partial charge on any atom is -0.284 e. The number of para-hydroxylation sites is 1.